The van der Waals surface area contributed by atoms with Gasteiger partial charge >= 0.3 is 0 Å². The average molecular weight is 396 g/mol. The fourth-order valence-corrected chi connectivity index (χ4v) is 3.14. The Kier molecular flexibility index (Phi) is 8.68. The number of amides is 1. The molecule has 0 spiro atoms. The Morgan fingerprint density at radius 3 is 2.45 bits per heavy atom. The molecule has 0 fully saturated rings. The SMILES string of the molecule is CN=C(NCCc1cccc(C(=O)NC)c1)NCC(c1ccc(C)cc1)N(C)C. The number of nitrogens with one attached hydrogen (secondary N) is 3. The molecule has 6 nitrogen and oxygen atoms in total. The summed E-state index contributed by atoms with van der Waals surface area (Å²) in [6.07, 6.45) is 0.806. The number of aryl methyl sites for hydroxylation is 1. The Bertz CT molecular complexity index is 814. The number of hydrogen-bond acceptors (Lipinski definition) is 3. The van der Waals surface area contributed by atoms with Crippen molar-refractivity contribution in [2.24, 2.45) is 4.99 Å². The minimum atomic E-state index is -0.0666. The molecule has 29 heavy (non-hydrogen) atoms. The third kappa shape index (κ3) is 6.91. The molecule has 2 aromatic carbocycles. The van der Waals surface area contributed by atoms with Crippen molar-refractivity contribution in [1.29, 1.82) is 0 Å². The highest BCUT2D eigenvalue weighted by atomic mass is 16.1. The minimum Gasteiger partial charge on any atom is -0.356 e. The number of carbonyl (C=O) groups is 1. The first-order valence-electron chi connectivity index (χ1n) is 9.93. The van der Waals surface area contributed by atoms with Crippen molar-refractivity contribution < 1.29 is 4.79 Å². The van der Waals surface area contributed by atoms with Gasteiger partial charge in [0, 0.05) is 32.7 Å². The summed E-state index contributed by atoms with van der Waals surface area (Å²) in [7, 11) is 7.59. The van der Waals surface area contributed by atoms with Crippen LogP contribution in [0.2, 0.25) is 0 Å². The fraction of sp³-hybridized carbons (Fsp3) is 0.391. The number of likely N-dealkylation sites (N-methyl/N-ethyl adjacent to an activating group) is 1. The van der Waals surface area contributed by atoms with Gasteiger partial charge in [-0.2, -0.15) is 0 Å². The molecule has 0 heterocycles. The van der Waals surface area contributed by atoms with Gasteiger partial charge in [0.2, 0.25) is 0 Å². The van der Waals surface area contributed by atoms with Gasteiger partial charge in [-0.05, 0) is 50.7 Å². The molecule has 156 valence electrons. The van der Waals surface area contributed by atoms with Gasteiger partial charge in [-0.15, -0.1) is 0 Å². The van der Waals surface area contributed by atoms with Crippen LogP contribution in [0.25, 0.3) is 0 Å². The molecule has 6 heteroatoms. The van der Waals surface area contributed by atoms with E-state index in [1.54, 1.807) is 14.1 Å². The molecule has 0 radical (unpaired) electrons. The first-order chi connectivity index (χ1) is 13.9. The highest BCUT2D eigenvalue weighted by Gasteiger charge is 2.14. The predicted octanol–water partition coefficient (Wildman–Crippen LogP) is 2.37. The van der Waals surface area contributed by atoms with Gasteiger partial charge in [0.15, 0.2) is 5.96 Å². The maximum absolute atomic E-state index is 11.8. The second-order valence-corrected chi connectivity index (χ2v) is 7.30. The fourth-order valence-electron chi connectivity index (χ4n) is 3.14. The number of carbonyl (C=O) groups excluding carboxylic acids is 1. The van der Waals surface area contributed by atoms with E-state index in [4.69, 9.17) is 0 Å². The summed E-state index contributed by atoms with van der Waals surface area (Å²) in [5, 5.41) is 9.43. The van der Waals surface area contributed by atoms with Crippen LogP contribution >= 0.6 is 0 Å². The van der Waals surface area contributed by atoms with Crippen molar-refractivity contribution in [2.45, 2.75) is 19.4 Å². The summed E-state index contributed by atoms with van der Waals surface area (Å²) in [6.45, 7) is 3.58. The summed E-state index contributed by atoms with van der Waals surface area (Å²) in [4.78, 5) is 18.3. The lowest BCUT2D eigenvalue weighted by atomic mass is 10.0. The molecule has 1 amide bonds. The zero-order valence-electron chi connectivity index (χ0n) is 18.1. The van der Waals surface area contributed by atoms with E-state index < -0.39 is 0 Å². The van der Waals surface area contributed by atoms with Crippen molar-refractivity contribution in [2.75, 3.05) is 41.3 Å². The Hall–Kier alpha value is -2.86. The number of guanidine groups is 1. The zero-order chi connectivity index (χ0) is 21.2. The predicted molar refractivity (Wildman–Crippen MR) is 121 cm³/mol. The van der Waals surface area contributed by atoms with E-state index in [2.05, 4.69) is 71.1 Å². The maximum Gasteiger partial charge on any atom is 0.251 e. The maximum atomic E-state index is 11.8. The lowest BCUT2D eigenvalue weighted by Crippen LogP contribution is -2.42. The Labute approximate surface area is 174 Å². The van der Waals surface area contributed by atoms with Gasteiger partial charge in [0.25, 0.3) is 5.91 Å². The highest BCUT2D eigenvalue weighted by molar-refractivity contribution is 5.94. The molecule has 1 unspecified atom stereocenters. The van der Waals surface area contributed by atoms with Crippen molar-refractivity contribution >= 4 is 11.9 Å². The van der Waals surface area contributed by atoms with Crippen LogP contribution in [-0.2, 0) is 6.42 Å². The van der Waals surface area contributed by atoms with E-state index in [9.17, 15) is 4.79 Å². The first-order valence-corrected chi connectivity index (χ1v) is 9.93. The highest BCUT2D eigenvalue weighted by Crippen LogP contribution is 2.17. The third-order valence-corrected chi connectivity index (χ3v) is 4.89. The van der Waals surface area contributed by atoms with Crippen LogP contribution in [0.15, 0.2) is 53.5 Å². The van der Waals surface area contributed by atoms with Crippen LogP contribution in [0.5, 0.6) is 0 Å². The van der Waals surface area contributed by atoms with E-state index in [-0.39, 0.29) is 11.9 Å². The van der Waals surface area contributed by atoms with E-state index in [1.807, 2.05) is 24.3 Å². The van der Waals surface area contributed by atoms with Gasteiger partial charge in [-0.3, -0.25) is 9.79 Å². The molecular formula is C23H33N5O. The molecule has 2 aromatic rings. The normalized spacial score (nSPS) is 12.6. The Balaban J connectivity index is 1.88. The molecule has 2 rings (SSSR count). The number of aliphatic imine (C=N–C) groups is 1. The van der Waals surface area contributed by atoms with Gasteiger partial charge < -0.3 is 20.9 Å². The van der Waals surface area contributed by atoms with Crippen molar-refractivity contribution in [3.8, 4) is 0 Å². The van der Waals surface area contributed by atoms with Crippen LogP contribution in [-0.4, -0.2) is 58.0 Å². The Morgan fingerprint density at radius 2 is 1.83 bits per heavy atom. The average Bonchev–Trinajstić information content (AvgIpc) is 2.73. The van der Waals surface area contributed by atoms with Crippen molar-refractivity contribution in [3.05, 3.63) is 70.8 Å². The summed E-state index contributed by atoms with van der Waals surface area (Å²) in [6, 6.07) is 16.6. The number of benzene rings is 2. The standard InChI is InChI=1S/C23H33N5O/c1-17-9-11-19(12-10-17)21(28(4)5)16-27-23(25-3)26-14-13-18-7-6-8-20(15-18)22(29)24-2/h6-12,15,21H,13-14,16H2,1-5H3,(H,24,29)(H2,25,26,27). The second kappa shape index (κ2) is 11.2. The zero-order valence-corrected chi connectivity index (χ0v) is 18.1. The smallest absolute Gasteiger partial charge is 0.251 e. The number of hydrogen-bond donors (Lipinski definition) is 3. The molecular weight excluding hydrogens is 362 g/mol. The first kappa shape index (κ1) is 22.4. The van der Waals surface area contributed by atoms with E-state index in [1.165, 1.54) is 11.1 Å². The van der Waals surface area contributed by atoms with Crippen LogP contribution in [0.1, 0.15) is 33.1 Å². The van der Waals surface area contributed by atoms with Gasteiger partial charge in [0.1, 0.15) is 0 Å². The molecule has 1 atom stereocenters. The quantitative estimate of drug-likeness (QED) is 0.474. The van der Waals surface area contributed by atoms with Crippen molar-refractivity contribution in [1.82, 2.24) is 20.9 Å². The van der Waals surface area contributed by atoms with Crippen LogP contribution in [0, 0.1) is 6.92 Å². The Morgan fingerprint density at radius 1 is 1.10 bits per heavy atom. The minimum absolute atomic E-state index is 0.0666. The topological polar surface area (TPSA) is 68.8 Å². The monoisotopic (exact) mass is 395 g/mol. The lowest BCUT2D eigenvalue weighted by molar-refractivity contribution is 0.0963. The molecule has 0 saturated heterocycles. The van der Waals surface area contributed by atoms with E-state index >= 15 is 0 Å². The lowest BCUT2D eigenvalue weighted by Gasteiger charge is -2.26. The van der Waals surface area contributed by atoms with Gasteiger partial charge in [0.05, 0.1) is 6.04 Å². The summed E-state index contributed by atoms with van der Waals surface area (Å²) in [5.74, 6) is 0.703. The number of nitrogens with zero attached hydrogens (tertiary/aromatic N) is 2. The van der Waals surface area contributed by atoms with Crippen molar-refractivity contribution in [3.63, 3.8) is 0 Å². The van der Waals surface area contributed by atoms with E-state index in [0.717, 1.165) is 31.0 Å². The van der Waals surface area contributed by atoms with Crippen LogP contribution < -0.4 is 16.0 Å². The summed E-state index contributed by atoms with van der Waals surface area (Å²) >= 11 is 0. The molecule has 0 bridgehead atoms. The molecule has 0 aliphatic rings. The van der Waals surface area contributed by atoms with Gasteiger partial charge in [-0.1, -0.05) is 42.0 Å². The largest absolute Gasteiger partial charge is 0.356 e. The molecule has 3 N–H and O–H groups in total. The molecule has 0 aliphatic heterocycles. The number of rotatable bonds is 8. The van der Waals surface area contributed by atoms with E-state index in [0.29, 0.717) is 5.56 Å². The van der Waals surface area contributed by atoms with Crippen LogP contribution in [0.4, 0.5) is 0 Å². The molecule has 0 aliphatic carbocycles. The molecule has 0 saturated carbocycles. The second-order valence-electron chi connectivity index (χ2n) is 7.30. The third-order valence-electron chi connectivity index (χ3n) is 4.89. The van der Waals surface area contributed by atoms with Gasteiger partial charge in [-0.25, -0.2) is 0 Å². The summed E-state index contributed by atoms with van der Waals surface area (Å²) < 4.78 is 0. The van der Waals surface area contributed by atoms with Crippen LogP contribution in [0.3, 0.4) is 0 Å². The summed E-state index contributed by atoms with van der Waals surface area (Å²) in [5.41, 5.74) is 4.33. The molecule has 0 aromatic heterocycles.